The van der Waals surface area contributed by atoms with Crippen molar-refractivity contribution in [3.63, 3.8) is 0 Å². The van der Waals surface area contributed by atoms with E-state index in [1.54, 1.807) is 4.57 Å². The Labute approximate surface area is 109 Å². The standard InChI is InChI=1S/C14H12N2O3/c17-14-8-10-15(11-13(14)16(18)19)9-4-7-12-5-2-1-3-6-12/h1-8,10-11H,9H2/b7-4+. The van der Waals surface area contributed by atoms with Crippen molar-refractivity contribution >= 4 is 11.8 Å². The van der Waals surface area contributed by atoms with Crippen LogP contribution in [-0.2, 0) is 6.54 Å². The molecule has 0 bridgehead atoms. The van der Waals surface area contributed by atoms with E-state index < -0.39 is 16.0 Å². The van der Waals surface area contributed by atoms with Gasteiger partial charge in [-0.1, -0.05) is 42.5 Å². The number of pyridine rings is 1. The molecule has 96 valence electrons. The van der Waals surface area contributed by atoms with Gasteiger partial charge in [-0.3, -0.25) is 14.9 Å². The fourth-order valence-electron chi connectivity index (χ4n) is 1.64. The maximum atomic E-state index is 11.2. The zero-order chi connectivity index (χ0) is 13.7. The SMILES string of the molecule is O=c1ccn(C/C=C/c2ccccc2)cc1[N+](=O)[O-]. The van der Waals surface area contributed by atoms with E-state index in [2.05, 4.69) is 0 Å². The van der Waals surface area contributed by atoms with E-state index in [1.165, 1.54) is 18.5 Å². The number of nitrogens with zero attached hydrogens (tertiary/aromatic N) is 2. The largest absolute Gasteiger partial charge is 0.344 e. The highest BCUT2D eigenvalue weighted by molar-refractivity contribution is 5.48. The molecule has 1 heterocycles. The molecule has 2 rings (SSSR count). The van der Waals surface area contributed by atoms with E-state index in [0.29, 0.717) is 6.54 Å². The molecule has 0 aliphatic rings. The number of rotatable bonds is 4. The van der Waals surface area contributed by atoms with E-state index in [1.807, 2.05) is 42.5 Å². The maximum absolute atomic E-state index is 11.2. The van der Waals surface area contributed by atoms with Gasteiger partial charge >= 0.3 is 5.69 Å². The van der Waals surface area contributed by atoms with Crippen LogP contribution in [0.25, 0.3) is 6.08 Å². The molecule has 0 atom stereocenters. The molecule has 1 aromatic carbocycles. The lowest BCUT2D eigenvalue weighted by molar-refractivity contribution is -0.386. The lowest BCUT2D eigenvalue weighted by Gasteiger charge is -2.01. The van der Waals surface area contributed by atoms with E-state index in [9.17, 15) is 14.9 Å². The summed E-state index contributed by atoms with van der Waals surface area (Å²) in [5.74, 6) is 0. The van der Waals surface area contributed by atoms with Crippen LogP contribution in [0.5, 0.6) is 0 Å². The van der Waals surface area contributed by atoms with Crippen LogP contribution >= 0.6 is 0 Å². The molecule has 0 unspecified atom stereocenters. The maximum Gasteiger partial charge on any atom is 0.332 e. The molecule has 0 fully saturated rings. The molecular formula is C14H12N2O3. The summed E-state index contributed by atoms with van der Waals surface area (Å²) >= 11 is 0. The zero-order valence-corrected chi connectivity index (χ0v) is 10.1. The van der Waals surface area contributed by atoms with Gasteiger partial charge in [0.25, 0.3) is 5.43 Å². The van der Waals surface area contributed by atoms with Crippen molar-refractivity contribution in [2.75, 3.05) is 0 Å². The Morgan fingerprint density at radius 1 is 1.21 bits per heavy atom. The van der Waals surface area contributed by atoms with E-state index in [4.69, 9.17) is 0 Å². The minimum Gasteiger partial charge on any atom is -0.344 e. The molecule has 0 N–H and O–H groups in total. The molecule has 19 heavy (non-hydrogen) atoms. The Balaban J connectivity index is 2.12. The number of aromatic nitrogens is 1. The molecule has 5 nitrogen and oxygen atoms in total. The van der Waals surface area contributed by atoms with Crippen LogP contribution < -0.4 is 5.43 Å². The predicted octanol–water partition coefficient (Wildman–Crippen LogP) is 2.47. The molecule has 0 amide bonds. The Morgan fingerprint density at radius 3 is 2.63 bits per heavy atom. The van der Waals surface area contributed by atoms with Crippen LogP contribution in [0, 0.1) is 10.1 Å². The molecule has 0 aliphatic heterocycles. The van der Waals surface area contributed by atoms with Crippen LogP contribution in [0.2, 0.25) is 0 Å². The van der Waals surface area contributed by atoms with Crippen molar-refractivity contribution in [1.29, 1.82) is 0 Å². The highest BCUT2D eigenvalue weighted by atomic mass is 16.6. The number of hydrogen-bond acceptors (Lipinski definition) is 3. The Hall–Kier alpha value is -2.69. The second-order valence-electron chi connectivity index (χ2n) is 3.96. The minimum absolute atomic E-state index is 0.407. The number of allylic oxidation sites excluding steroid dienone is 1. The first-order valence-corrected chi connectivity index (χ1v) is 5.73. The summed E-state index contributed by atoms with van der Waals surface area (Å²) in [7, 11) is 0. The molecule has 0 saturated carbocycles. The third-order valence-corrected chi connectivity index (χ3v) is 2.58. The summed E-state index contributed by atoms with van der Waals surface area (Å²) in [4.78, 5) is 21.2. The van der Waals surface area contributed by atoms with Gasteiger partial charge in [-0.2, -0.15) is 0 Å². The van der Waals surface area contributed by atoms with Crippen molar-refractivity contribution in [1.82, 2.24) is 4.57 Å². The van der Waals surface area contributed by atoms with Crippen LogP contribution in [-0.4, -0.2) is 9.49 Å². The van der Waals surface area contributed by atoms with Gasteiger partial charge in [-0.05, 0) is 5.56 Å². The minimum atomic E-state index is -0.667. The van der Waals surface area contributed by atoms with Gasteiger partial charge in [0.15, 0.2) is 0 Å². The van der Waals surface area contributed by atoms with Crippen LogP contribution in [0.3, 0.4) is 0 Å². The first-order chi connectivity index (χ1) is 9.16. The van der Waals surface area contributed by atoms with Crippen molar-refractivity contribution in [2.24, 2.45) is 0 Å². The molecule has 0 radical (unpaired) electrons. The topological polar surface area (TPSA) is 65.1 Å². The van der Waals surface area contributed by atoms with Gasteiger partial charge in [0.05, 0.1) is 11.1 Å². The lowest BCUT2D eigenvalue weighted by Crippen LogP contribution is -2.10. The summed E-state index contributed by atoms with van der Waals surface area (Å²) in [6.07, 6.45) is 6.58. The second kappa shape index (κ2) is 5.77. The smallest absolute Gasteiger partial charge is 0.332 e. The summed E-state index contributed by atoms with van der Waals surface area (Å²) in [6, 6.07) is 10.9. The average molecular weight is 256 g/mol. The molecule has 0 spiro atoms. The molecular weight excluding hydrogens is 244 g/mol. The number of hydrogen-bond donors (Lipinski definition) is 0. The molecule has 2 aromatic rings. The van der Waals surface area contributed by atoms with Crippen LogP contribution in [0.1, 0.15) is 5.56 Å². The molecule has 0 saturated heterocycles. The summed E-state index contributed by atoms with van der Waals surface area (Å²) < 4.78 is 1.60. The van der Waals surface area contributed by atoms with Gasteiger partial charge in [0, 0.05) is 18.8 Å². The normalized spacial score (nSPS) is 10.7. The van der Waals surface area contributed by atoms with Gasteiger partial charge < -0.3 is 4.57 Å². The zero-order valence-electron chi connectivity index (χ0n) is 10.1. The van der Waals surface area contributed by atoms with Crippen molar-refractivity contribution in [2.45, 2.75) is 6.54 Å². The summed E-state index contributed by atoms with van der Waals surface area (Å²) in [5.41, 5.74) is 0.0712. The Kier molecular flexibility index (Phi) is 3.87. The fraction of sp³-hybridized carbons (Fsp3) is 0.0714. The number of nitro groups is 1. The van der Waals surface area contributed by atoms with Gasteiger partial charge in [-0.15, -0.1) is 0 Å². The van der Waals surface area contributed by atoms with Crippen LogP contribution in [0.15, 0.2) is 59.7 Å². The van der Waals surface area contributed by atoms with Crippen molar-refractivity contribution < 1.29 is 4.92 Å². The fourth-order valence-corrected chi connectivity index (χ4v) is 1.64. The molecule has 1 aromatic heterocycles. The van der Waals surface area contributed by atoms with Gasteiger partial charge in [0.1, 0.15) is 0 Å². The highest BCUT2D eigenvalue weighted by Gasteiger charge is 2.10. The van der Waals surface area contributed by atoms with E-state index in [-0.39, 0.29) is 0 Å². The molecule has 0 aliphatic carbocycles. The van der Waals surface area contributed by atoms with Gasteiger partial charge in [0.2, 0.25) is 0 Å². The monoisotopic (exact) mass is 256 g/mol. The summed E-state index contributed by atoms with van der Waals surface area (Å²) in [6.45, 7) is 0.468. The summed E-state index contributed by atoms with van der Waals surface area (Å²) in [5, 5.41) is 10.6. The first kappa shape index (κ1) is 12.8. The molecule has 5 heteroatoms. The van der Waals surface area contributed by atoms with Crippen LogP contribution in [0.4, 0.5) is 5.69 Å². The quantitative estimate of drug-likeness (QED) is 0.623. The van der Waals surface area contributed by atoms with Crippen molar-refractivity contribution in [3.05, 3.63) is 80.8 Å². The highest BCUT2D eigenvalue weighted by Crippen LogP contribution is 2.04. The second-order valence-corrected chi connectivity index (χ2v) is 3.96. The third kappa shape index (κ3) is 3.38. The first-order valence-electron chi connectivity index (χ1n) is 5.73. The average Bonchev–Trinajstić information content (AvgIpc) is 2.41. The third-order valence-electron chi connectivity index (χ3n) is 2.58. The van der Waals surface area contributed by atoms with E-state index >= 15 is 0 Å². The predicted molar refractivity (Wildman–Crippen MR) is 72.8 cm³/mol. The Morgan fingerprint density at radius 2 is 1.95 bits per heavy atom. The van der Waals surface area contributed by atoms with Crippen molar-refractivity contribution in [3.8, 4) is 0 Å². The van der Waals surface area contributed by atoms with Gasteiger partial charge in [-0.25, -0.2) is 0 Å². The number of benzene rings is 1. The van der Waals surface area contributed by atoms with E-state index in [0.717, 1.165) is 5.56 Å². The Bertz CT molecular complexity index is 660. The lowest BCUT2D eigenvalue weighted by atomic mass is 10.2.